The predicted octanol–water partition coefficient (Wildman–Crippen LogP) is 1.85. The molecule has 7 heteroatoms. The molecule has 0 radical (unpaired) electrons. The summed E-state index contributed by atoms with van der Waals surface area (Å²) in [7, 11) is 1.48. The number of nitrogens with one attached hydrogen (secondary N) is 2. The zero-order valence-corrected chi connectivity index (χ0v) is 13.6. The first kappa shape index (κ1) is 17.0. The van der Waals surface area contributed by atoms with E-state index in [0.717, 1.165) is 10.4 Å². The van der Waals surface area contributed by atoms with E-state index in [1.807, 2.05) is 24.4 Å². The third-order valence-electron chi connectivity index (χ3n) is 3.14. The number of benzene rings is 1. The highest BCUT2D eigenvalue weighted by molar-refractivity contribution is 7.10. The number of rotatable bonds is 5. The second kappa shape index (κ2) is 7.75. The molecule has 122 valence electrons. The smallest absolute Gasteiger partial charge is 0.313 e. The molecule has 0 aliphatic heterocycles. The lowest BCUT2D eigenvalue weighted by atomic mass is 10.2. The van der Waals surface area contributed by atoms with Crippen LogP contribution >= 0.6 is 11.3 Å². The quantitative estimate of drug-likeness (QED) is 0.728. The first-order valence-electron chi connectivity index (χ1n) is 6.96. The van der Waals surface area contributed by atoms with E-state index in [2.05, 4.69) is 10.6 Å². The SMILES string of the molecule is COc1ccc(C)cc1NC(=O)C(=O)NCC(O)c1cccs1. The summed E-state index contributed by atoms with van der Waals surface area (Å²) in [5.74, 6) is -1.16. The molecule has 1 atom stereocenters. The Hall–Kier alpha value is -2.38. The predicted molar refractivity (Wildman–Crippen MR) is 88.6 cm³/mol. The first-order valence-corrected chi connectivity index (χ1v) is 7.84. The van der Waals surface area contributed by atoms with Gasteiger partial charge in [0, 0.05) is 11.4 Å². The highest BCUT2D eigenvalue weighted by atomic mass is 32.1. The van der Waals surface area contributed by atoms with Crippen molar-refractivity contribution in [1.82, 2.24) is 5.32 Å². The second-order valence-electron chi connectivity index (χ2n) is 4.90. The van der Waals surface area contributed by atoms with Crippen LogP contribution in [0.2, 0.25) is 0 Å². The number of hydrogen-bond donors (Lipinski definition) is 3. The van der Waals surface area contributed by atoms with Crippen LogP contribution < -0.4 is 15.4 Å². The number of methoxy groups -OCH3 is 1. The summed E-state index contributed by atoms with van der Waals surface area (Å²) in [5, 5.41) is 16.6. The minimum atomic E-state index is -0.833. The van der Waals surface area contributed by atoms with Crippen molar-refractivity contribution in [3.8, 4) is 5.75 Å². The van der Waals surface area contributed by atoms with Gasteiger partial charge in [-0.05, 0) is 36.1 Å². The van der Waals surface area contributed by atoms with Gasteiger partial charge in [-0.15, -0.1) is 11.3 Å². The van der Waals surface area contributed by atoms with Crippen LogP contribution in [-0.2, 0) is 9.59 Å². The molecule has 2 aromatic rings. The number of hydrogen-bond acceptors (Lipinski definition) is 5. The first-order chi connectivity index (χ1) is 11.0. The van der Waals surface area contributed by atoms with Gasteiger partial charge in [-0.2, -0.15) is 0 Å². The fourth-order valence-corrected chi connectivity index (χ4v) is 2.66. The lowest BCUT2D eigenvalue weighted by Gasteiger charge is -2.12. The molecule has 2 amide bonds. The van der Waals surface area contributed by atoms with Crippen molar-refractivity contribution in [3.05, 3.63) is 46.2 Å². The van der Waals surface area contributed by atoms with Crippen molar-refractivity contribution < 1.29 is 19.4 Å². The van der Waals surface area contributed by atoms with Gasteiger partial charge in [0.05, 0.1) is 12.8 Å². The van der Waals surface area contributed by atoms with Crippen LogP contribution in [0.1, 0.15) is 16.5 Å². The molecule has 0 saturated carbocycles. The molecule has 0 saturated heterocycles. The van der Waals surface area contributed by atoms with Crippen LogP contribution in [0.3, 0.4) is 0 Å². The Bertz CT molecular complexity index is 685. The van der Waals surface area contributed by atoms with Gasteiger partial charge >= 0.3 is 11.8 Å². The monoisotopic (exact) mass is 334 g/mol. The number of amides is 2. The number of anilines is 1. The minimum absolute atomic E-state index is 0.0300. The molecule has 23 heavy (non-hydrogen) atoms. The molecule has 0 fully saturated rings. The Morgan fingerprint density at radius 3 is 2.74 bits per heavy atom. The Morgan fingerprint density at radius 1 is 1.30 bits per heavy atom. The summed E-state index contributed by atoms with van der Waals surface area (Å²) >= 11 is 1.38. The maximum absolute atomic E-state index is 11.9. The van der Waals surface area contributed by atoms with Gasteiger partial charge in [0.15, 0.2) is 0 Å². The van der Waals surface area contributed by atoms with Crippen molar-refractivity contribution in [2.45, 2.75) is 13.0 Å². The van der Waals surface area contributed by atoms with Crippen molar-refractivity contribution in [3.63, 3.8) is 0 Å². The van der Waals surface area contributed by atoms with Gasteiger partial charge in [0.25, 0.3) is 0 Å². The molecule has 3 N–H and O–H groups in total. The van der Waals surface area contributed by atoms with E-state index in [0.29, 0.717) is 11.4 Å². The van der Waals surface area contributed by atoms with Gasteiger partial charge in [0.1, 0.15) is 11.9 Å². The summed E-state index contributed by atoms with van der Waals surface area (Å²) in [4.78, 5) is 24.5. The van der Waals surface area contributed by atoms with Gasteiger partial charge in [-0.1, -0.05) is 12.1 Å². The van der Waals surface area contributed by atoms with E-state index in [4.69, 9.17) is 4.74 Å². The number of thiophene rings is 1. The molecule has 6 nitrogen and oxygen atoms in total. The number of ether oxygens (including phenoxy) is 1. The Balaban J connectivity index is 1.93. The van der Waals surface area contributed by atoms with Gasteiger partial charge < -0.3 is 20.5 Å². The van der Waals surface area contributed by atoms with E-state index in [-0.39, 0.29) is 6.54 Å². The van der Waals surface area contributed by atoms with Crippen LogP contribution in [-0.4, -0.2) is 30.6 Å². The largest absolute Gasteiger partial charge is 0.495 e. The highest BCUT2D eigenvalue weighted by Gasteiger charge is 2.17. The molecule has 0 spiro atoms. The molecular weight excluding hydrogens is 316 g/mol. The lowest BCUT2D eigenvalue weighted by Crippen LogP contribution is -2.37. The van der Waals surface area contributed by atoms with Crippen molar-refractivity contribution in [2.24, 2.45) is 0 Å². The van der Waals surface area contributed by atoms with E-state index in [9.17, 15) is 14.7 Å². The molecule has 0 aliphatic rings. The maximum atomic E-state index is 11.9. The van der Waals surface area contributed by atoms with Crippen LogP contribution in [0.5, 0.6) is 5.75 Å². The van der Waals surface area contributed by atoms with Crippen LogP contribution in [0.4, 0.5) is 5.69 Å². The fraction of sp³-hybridized carbons (Fsp3) is 0.250. The van der Waals surface area contributed by atoms with Gasteiger partial charge in [0.2, 0.25) is 0 Å². The molecule has 0 bridgehead atoms. The standard InChI is InChI=1S/C16H18N2O4S/c1-10-5-6-13(22-2)11(8-10)18-16(21)15(20)17-9-12(19)14-4-3-7-23-14/h3-8,12,19H,9H2,1-2H3,(H,17,20)(H,18,21). The van der Waals surface area contributed by atoms with Crippen molar-refractivity contribution in [2.75, 3.05) is 19.0 Å². The highest BCUT2D eigenvalue weighted by Crippen LogP contribution is 2.25. The zero-order chi connectivity index (χ0) is 16.8. The summed E-state index contributed by atoms with van der Waals surface area (Å²) in [6, 6.07) is 8.83. The minimum Gasteiger partial charge on any atom is -0.495 e. The van der Waals surface area contributed by atoms with E-state index in [1.165, 1.54) is 18.4 Å². The van der Waals surface area contributed by atoms with Crippen molar-refractivity contribution in [1.29, 1.82) is 0 Å². The summed E-state index contributed by atoms with van der Waals surface area (Å²) < 4.78 is 5.14. The lowest BCUT2D eigenvalue weighted by molar-refractivity contribution is -0.136. The van der Waals surface area contributed by atoms with Crippen LogP contribution in [0, 0.1) is 6.92 Å². The third-order valence-corrected chi connectivity index (χ3v) is 4.11. The number of aliphatic hydroxyl groups excluding tert-OH is 1. The van der Waals surface area contributed by atoms with Crippen LogP contribution in [0.25, 0.3) is 0 Å². The summed E-state index contributed by atoms with van der Waals surface area (Å²) in [6.45, 7) is 1.84. The Labute approximate surface area is 138 Å². The molecule has 1 heterocycles. The molecule has 1 aromatic carbocycles. The third kappa shape index (κ3) is 4.54. The van der Waals surface area contributed by atoms with E-state index >= 15 is 0 Å². The zero-order valence-electron chi connectivity index (χ0n) is 12.8. The average Bonchev–Trinajstić information content (AvgIpc) is 3.07. The summed E-state index contributed by atoms with van der Waals surface area (Å²) in [5.41, 5.74) is 1.35. The number of aliphatic hydroxyl groups is 1. The Morgan fingerprint density at radius 2 is 2.09 bits per heavy atom. The average molecular weight is 334 g/mol. The van der Waals surface area contributed by atoms with Crippen molar-refractivity contribution >= 4 is 28.8 Å². The van der Waals surface area contributed by atoms with Gasteiger partial charge in [-0.3, -0.25) is 9.59 Å². The summed E-state index contributed by atoms with van der Waals surface area (Å²) in [6.07, 6.45) is -0.833. The van der Waals surface area contributed by atoms with Crippen LogP contribution in [0.15, 0.2) is 35.7 Å². The molecular formula is C16H18N2O4S. The number of aryl methyl sites for hydroxylation is 1. The molecule has 1 aromatic heterocycles. The van der Waals surface area contributed by atoms with E-state index in [1.54, 1.807) is 18.2 Å². The topological polar surface area (TPSA) is 87.7 Å². The second-order valence-corrected chi connectivity index (χ2v) is 5.88. The molecule has 1 unspecified atom stereocenters. The fourth-order valence-electron chi connectivity index (χ4n) is 1.95. The maximum Gasteiger partial charge on any atom is 0.313 e. The Kier molecular flexibility index (Phi) is 5.72. The normalized spacial score (nSPS) is 11.6. The molecule has 2 rings (SSSR count). The number of carbonyl (C=O) groups excluding carboxylic acids is 2. The molecule has 0 aliphatic carbocycles. The number of carbonyl (C=O) groups is 2. The van der Waals surface area contributed by atoms with Gasteiger partial charge in [-0.25, -0.2) is 0 Å². The van der Waals surface area contributed by atoms with E-state index < -0.39 is 17.9 Å².